The van der Waals surface area contributed by atoms with E-state index >= 15 is 0 Å². The first kappa shape index (κ1) is 13.5. The fourth-order valence-corrected chi connectivity index (χ4v) is 3.67. The number of imidazole rings is 1. The number of H-pyrrole nitrogens is 2. The Bertz CT molecular complexity index is 831. The van der Waals surface area contributed by atoms with E-state index in [1.54, 1.807) is 0 Å². The number of aromatic nitrogens is 2. The lowest BCUT2D eigenvalue weighted by molar-refractivity contribution is 1.14. The number of halogens is 1. The lowest BCUT2D eigenvalue weighted by Crippen LogP contribution is -2.00. The number of anilines is 1. The molecular weight excluding hydrogens is 338 g/mol. The summed E-state index contributed by atoms with van der Waals surface area (Å²) in [4.78, 5) is 19.5. The van der Waals surface area contributed by atoms with Crippen molar-refractivity contribution in [1.29, 1.82) is 0 Å². The molecule has 3 N–H and O–H groups in total. The highest BCUT2D eigenvalue weighted by molar-refractivity contribution is 9.10. The van der Waals surface area contributed by atoms with E-state index in [0.29, 0.717) is 0 Å². The van der Waals surface area contributed by atoms with Crippen molar-refractivity contribution in [1.82, 2.24) is 9.97 Å². The van der Waals surface area contributed by atoms with Crippen LogP contribution in [-0.4, -0.2) is 9.97 Å². The second-order valence-corrected chi connectivity index (χ2v) is 7.06. The monoisotopic (exact) mass is 351 g/mol. The van der Waals surface area contributed by atoms with Gasteiger partial charge in [-0.15, -0.1) is 11.3 Å². The summed E-state index contributed by atoms with van der Waals surface area (Å²) >= 11 is 5.34. The quantitative estimate of drug-likeness (QED) is 0.669. The number of benzene rings is 1. The number of nitrogens with one attached hydrogen (secondary N) is 3. The third kappa shape index (κ3) is 2.53. The third-order valence-corrected chi connectivity index (χ3v) is 4.88. The molecule has 104 valence electrons. The van der Waals surface area contributed by atoms with Gasteiger partial charge in [-0.1, -0.05) is 0 Å². The maximum atomic E-state index is 11.3. The van der Waals surface area contributed by atoms with Crippen molar-refractivity contribution in [3.05, 3.63) is 48.5 Å². The van der Waals surface area contributed by atoms with Crippen LogP contribution in [0.25, 0.3) is 11.0 Å². The van der Waals surface area contributed by atoms with E-state index in [9.17, 15) is 4.79 Å². The van der Waals surface area contributed by atoms with Crippen LogP contribution in [0.3, 0.4) is 0 Å². The van der Waals surface area contributed by atoms with Crippen molar-refractivity contribution in [2.24, 2.45) is 0 Å². The van der Waals surface area contributed by atoms with Gasteiger partial charge in [-0.2, -0.15) is 0 Å². The molecular formula is C14H14BrN3OS. The van der Waals surface area contributed by atoms with Crippen molar-refractivity contribution >= 4 is 44.0 Å². The largest absolute Gasteiger partial charge is 0.380 e. The van der Waals surface area contributed by atoms with Crippen molar-refractivity contribution < 1.29 is 0 Å². The van der Waals surface area contributed by atoms with E-state index in [2.05, 4.69) is 51.1 Å². The Kier molecular flexibility index (Phi) is 3.43. The van der Waals surface area contributed by atoms with Gasteiger partial charge in [0.05, 0.1) is 16.7 Å². The SMILES string of the molecule is Cc1cc(CNc2cc3[nH]c(=O)[nH]c3cc2Br)c(C)s1. The van der Waals surface area contributed by atoms with Gasteiger partial charge < -0.3 is 15.3 Å². The van der Waals surface area contributed by atoms with Gasteiger partial charge in [0, 0.05) is 20.8 Å². The number of rotatable bonds is 3. The molecule has 0 amide bonds. The van der Waals surface area contributed by atoms with Crippen LogP contribution in [0, 0.1) is 13.8 Å². The predicted octanol–water partition coefficient (Wildman–Crippen LogP) is 3.91. The molecule has 4 nitrogen and oxygen atoms in total. The van der Waals surface area contributed by atoms with E-state index in [-0.39, 0.29) is 5.69 Å². The number of aromatic amines is 2. The molecule has 0 aliphatic carbocycles. The average molecular weight is 352 g/mol. The second kappa shape index (κ2) is 5.10. The van der Waals surface area contributed by atoms with E-state index in [4.69, 9.17) is 0 Å². The van der Waals surface area contributed by atoms with Gasteiger partial charge in [-0.3, -0.25) is 0 Å². The smallest absolute Gasteiger partial charge is 0.323 e. The van der Waals surface area contributed by atoms with Crippen LogP contribution in [0.4, 0.5) is 5.69 Å². The maximum Gasteiger partial charge on any atom is 0.323 e. The van der Waals surface area contributed by atoms with Gasteiger partial charge in [0.1, 0.15) is 0 Å². The second-order valence-electron chi connectivity index (χ2n) is 4.75. The molecule has 3 aromatic rings. The van der Waals surface area contributed by atoms with Crippen LogP contribution in [0.1, 0.15) is 15.3 Å². The Hall–Kier alpha value is -1.53. The zero-order valence-electron chi connectivity index (χ0n) is 11.1. The zero-order valence-corrected chi connectivity index (χ0v) is 13.5. The third-order valence-electron chi connectivity index (χ3n) is 3.22. The summed E-state index contributed by atoms with van der Waals surface area (Å²) < 4.78 is 0.935. The van der Waals surface area contributed by atoms with E-state index < -0.39 is 0 Å². The van der Waals surface area contributed by atoms with E-state index in [1.807, 2.05) is 23.5 Å². The fourth-order valence-electron chi connectivity index (χ4n) is 2.24. The highest BCUT2D eigenvalue weighted by atomic mass is 79.9. The van der Waals surface area contributed by atoms with Gasteiger partial charge in [0.2, 0.25) is 0 Å². The molecule has 0 unspecified atom stereocenters. The molecule has 0 bridgehead atoms. The Morgan fingerprint density at radius 3 is 2.55 bits per heavy atom. The van der Waals surface area contributed by atoms with E-state index in [1.165, 1.54) is 15.3 Å². The van der Waals surface area contributed by atoms with E-state index in [0.717, 1.165) is 27.7 Å². The molecule has 0 atom stereocenters. The summed E-state index contributed by atoms with van der Waals surface area (Å²) in [7, 11) is 0. The number of fused-ring (bicyclic) bond motifs is 1. The van der Waals surface area contributed by atoms with Crippen LogP contribution in [0.15, 0.2) is 27.5 Å². The average Bonchev–Trinajstić information content (AvgIpc) is 2.87. The fraction of sp³-hybridized carbons (Fsp3) is 0.214. The zero-order chi connectivity index (χ0) is 14.3. The molecule has 3 rings (SSSR count). The lowest BCUT2D eigenvalue weighted by atomic mass is 10.2. The predicted molar refractivity (Wildman–Crippen MR) is 87.7 cm³/mol. The number of hydrogen-bond acceptors (Lipinski definition) is 3. The van der Waals surface area contributed by atoms with Crippen LogP contribution < -0.4 is 11.0 Å². The standard InChI is InChI=1S/C14H14BrN3OS/c1-7-3-9(8(2)20-7)6-16-11-5-13-12(4-10(11)15)17-14(19)18-13/h3-5,16H,6H2,1-2H3,(H2,17,18,19). The molecule has 0 aliphatic heterocycles. The van der Waals surface area contributed by atoms with Gasteiger partial charge in [0.25, 0.3) is 0 Å². The minimum absolute atomic E-state index is 0.187. The summed E-state index contributed by atoms with van der Waals surface area (Å²) in [6, 6.07) is 6.05. The summed E-state index contributed by atoms with van der Waals surface area (Å²) in [5.41, 5.74) is 3.69. The molecule has 0 spiro atoms. The van der Waals surface area contributed by atoms with Crippen LogP contribution >= 0.6 is 27.3 Å². The Morgan fingerprint density at radius 1 is 1.20 bits per heavy atom. The Balaban J connectivity index is 1.88. The van der Waals surface area contributed by atoms with Crippen molar-refractivity contribution in [2.75, 3.05) is 5.32 Å². The summed E-state index contributed by atoms with van der Waals surface area (Å²) in [5, 5.41) is 3.41. The van der Waals surface area contributed by atoms with Crippen molar-refractivity contribution in [2.45, 2.75) is 20.4 Å². The summed E-state index contributed by atoms with van der Waals surface area (Å²) in [5.74, 6) is 0. The van der Waals surface area contributed by atoms with Gasteiger partial charge in [-0.25, -0.2) is 4.79 Å². The highest BCUT2D eigenvalue weighted by Gasteiger charge is 2.07. The highest BCUT2D eigenvalue weighted by Crippen LogP contribution is 2.28. The number of thiophene rings is 1. The first-order valence-corrected chi connectivity index (χ1v) is 7.85. The Labute approximate surface area is 128 Å². The molecule has 0 aliphatic rings. The molecule has 1 aromatic carbocycles. The maximum absolute atomic E-state index is 11.3. The molecule has 0 saturated heterocycles. The van der Waals surface area contributed by atoms with Crippen LogP contribution in [-0.2, 0) is 6.54 Å². The Morgan fingerprint density at radius 2 is 1.90 bits per heavy atom. The van der Waals surface area contributed by atoms with Crippen LogP contribution in [0.5, 0.6) is 0 Å². The van der Waals surface area contributed by atoms with Gasteiger partial charge in [0.15, 0.2) is 0 Å². The molecule has 0 saturated carbocycles. The summed E-state index contributed by atoms with van der Waals surface area (Å²) in [6.07, 6.45) is 0. The van der Waals surface area contributed by atoms with Gasteiger partial charge >= 0.3 is 5.69 Å². The first-order chi connectivity index (χ1) is 9.52. The normalized spacial score (nSPS) is 11.2. The molecule has 0 radical (unpaired) electrons. The number of aryl methyl sites for hydroxylation is 2. The molecule has 6 heteroatoms. The minimum atomic E-state index is -0.187. The first-order valence-electron chi connectivity index (χ1n) is 6.24. The molecule has 2 heterocycles. The van der Waals surface area contributed by atoms with Crippen molar-refractivity contribution in [3.8, 4) is 0 Å². The topological polar surface area (TPSA) is 60.7 Å². The molecule has 0 fully saturated rings. The lowest BCUT2D eigenvalue weighted by Gasteiger charge is -2.08. The van der Waals surface area contributed by atoms with Crippen molar-refractivity contribution in [3.63, 3.8) is 0 Å². The minimum Gasteiger partial charge on any atom is -0.380 e. The molecule has 2 aromatic heterocycles. The molecule has 20 heavy (non-hydrogen) atoms. The number of hydrogen-bond donors (Lipinski definition) is 3. The summed E-state index contributed by atoms with van der Waals surface area (Å²) in [6.45, 7) is 5.03. The van der Waals surface area contributed by atoms with Gasteiger partial charge in [-0.05, 0) is 53.5 Å². The van der Waals surface area contributed by atoms with Crippen LogP contribution in [0.2, 0.25) is 0 Å².